The van der Waals surface area contributed by atoms with E-state index < -0.39 is 0 Å². The van der Waals surface area contributed by atoms with E-state index in [2.05, 4.69) is 17.1 Å². The van der Waals surface area contributed by atoms with Crippen LogP contribution in [0.25, 0.3) is 0 Å². The molecular weight excluding hydrogens is 220 g/mol. The number of rotatable bonds is 5. The summed E-state index contributed by atoms with van der Waals surface area (Å²) in [6.45, 7) is 7.72. The zero-order chi connectivity index (χ0) is 12.4. The van der Waals surface area contributed by atoms with Crippen LogP contribution in [0.15, 0.2) is 0 Å². The fourth-order valence-electron chi connectivity index (χ4n) is 3.91. The molecule has 2 saturated carbocycles. The highest BCUT2D eigenvalue weighted by atomic mass is 15.2. The Bertz CT molecular complexity index is 260. The number of hydrogen-bond acceptors (Lipinski definition) is 2. The van der Waals surface area contributed by atoms with Crippen molar-refractivity contribution in [1.29, 1.82) is 0 Å². The summed E-state index contributed by atoms with van der Waals surface area (Å²) in [7, 11) is 0. The average Bonchev–Trinajstić information content (AvgIpc) is 3.10. The molecule has 1 N–H and O–H groups in total. The molecule has 1 atom stereocenters. The molecule has 0 amide bonds. The molecule has 1 unspecified atom stereocenters. The summed E-state index contributed by atoms with van der Waals surface area (Å²) < 4.78 is 0. The van der Waals surface area contributed by atoms with E-state index in [1.54, 1.807) is 0 Å². The van der Waals surface area contributed by atoms with Crippen LogP contribution >= 0.6 is 0 Å². The van der Waals surface area contributed by atoms with Crippen molar-refractivity contribution >= 4 is 0 Å². The van der Waals surface area contributed by atoms with Gasteiger partial charge in [-0.15, -0.1) is 0 Å². The lowest BCUT2D eigenvalue weighted by Gasteiger charge is -2.39. The highest BCUT2D eigenvalue weighted by Gasteiger charge is 2.35. The highest BCUT2D eigenvalue weighted by Crippen LogP contribution is 2.35. The Morgan fingerprint density at radius 1 is 1.11 bits per heavy atom. The lowest BCUT2D eigenvalue weighted by Crippen LogP contribution is -2.45. The zero-order valence-corrected chi connectivity index (χ0v) is 12.1. The van der Waals surface area contributed by atoms with Crippen molar-refractivity contribution in [3.05, 3.63) is 0 Å². The Labute approximate surface area is 113 Å². The van der Waals surface area contributed by atoms with Crippen molar-refractivity contribution in [2.45, 2.75) is 64.3 Å². The minimum absolute atomic E-state index is 0.548. The molecule has 104 valence electrons. The molecule has 18 heavy (non-hydrogen) atoms. The van der Waals surface area contributed by atoms with Gasteiger partial charge >= 0.3 is 0 Å². The molecule has 3 rings (SSSR count). The van der Waals surface area contributed by atoms with E-state index in [4.69, 9.17) is 0 Å². The predicted molar refractivity (Wildman–Crippen MR) is 76.8 cm³/mol. The third-order valence-electron chi connectivity index (χ3n) is 5.32. The van der Waals surface area contributed by atoms with Gasteiger partial charge in [-0.25, -0.2) is 0 Å². The Morgan fingerprint density at radius 2 is 1.89 bits per heavy atom. The van der Waals surface area contributed by atoms with Gasteiger partial charge in [-0.1, -0.05) is 26.2 Å². The van der Waals surface area contributed by atoms with Crippen LogP contribution in [0.3, 0.4) is 0 Å². The monoisotopic (exact) mass is 250 g/mol. The van der Waals surface area contributed by atoms with Crippen LogP contribution in [0.5, 0.6) is 0 Å². The van der Waals surface area contributed by atoms with Gasteiger partial charge in [0.1, 0.15) is 0 Å². The molecule has 0 radical (unpaired) electrons. The molecular formula is C16H30N2. The van der Waals surface area contributed by atoms with Crippen LogP contribution < -0.4 is 5.32 Å². The smallest absolute Gasteiger partial charge is 0.00956 e. The largest absolute Gasteiger partial charge is 0.316 e. The van der Waals surface area contributed by atoms with Crippen molar-refractivity contribution in [3.8, 4) is 0 Å². The summed E-state index contributed by atoms with van der Waals surface area (Å²) in [6, 6.07) is 0.914. The second kappa shape index (κ2) is 5.50. The van der Waals surface area contributed by atoms with Crippen LogP contribution in [0, 0.1) is 11.3 Å². The third kappa shape index (κ3) is 3.27. The summed E-state index contributed by atoms with van der Waals surface area (Å²) >= 11 is 0. The summed E-state index contributed by atoms with van der Waals surface area (Å²) in [5.74, 6) is 1.05. The molecule has 2 heteroatoms. The van der Waals surface area contributed by atoms with E-state index in [1.165, 1.54) is 77.5 Å². The standard InChI is InChI=1S/C16H30N2/c1-16(9-10-17-12-16)13-18(11-14-7-8-14)15-5-3-2-4-6-15/h14-15,17H,2-13H2,1H3. The topological polar surface area (TPSA) is 15.3 Å². The van der Waals surface area contributed by atoms with E-state index in [0.717, 1.165) is 12.0 Å². The van der Waals surface area contributed by atoms with Crippen LogP contribution in [0.4, 0.5) is 0 Å². The lowest BCUT2D eigenvalue weighted by molar-refractivity contribution is 0.0988. The number of nitrogens with zero attached hydrogens (tertiary/aromatic N) is 1. The Balaban J connectivity index is 1.60. The maximum atomic E-state index is 3.56. The van der Waals surface area contributed by atoms with E-state index >= 15 is 0 Å². The minimum Gasteiger partial charge on any atom is -0.316 e. The van der Waals surface area contributed by atoms with Crippen molar-refractivity contribution in [2.24, 2.45) is 11.3 Å². The molecule has 1 saturated heterocycles. The molecule has 1 heterocycles. The van der Waals surface area contributed by atoms with Gasteiger partial charge in [0.15, 0.2) is 0 Å². The van der Waals surface area contributed by atoms with Gasteiger partial charge in [-0.2, -0.15) is 0 Å². The highest BCUT2D eigenvalue weighted by molar-refractivity contribution is 4.91. The second-order valence-electron chi connectivity index (χ2n) is 7.40. The predicted octanol–water partition coefficient (Wildman–Crippen LogP) is 3.03. The van der Waals surface area contributed by atoms with Gasteiger partial charge in [-0.05, 0) is 50.0 Å². The van der Waals surface area contributed by atoms with Gasteiger partial charge in [0.05, 0.1) is 0 Å². The molecule has 0 aromatic rings. The van der Waals surface area contributed by atoms with E-state index in [0.29, 0.717) is 5.41 Å². The molecule has 1 aliphatic heterocycles. The maximum absolute atomic E-state index is 3.56. The Hall–Kier alpha value is -0.0800. The molecule has 2 nitrogen and oxygen atoms in total. The van der Waals surface area contributed by atoms with Gasteiger partial charge in [0.2, 0.25) is 0 Å². The average molecular weight is 250 g/mol. The van der Waals surface area contributed by atoms with Crippen LogP contribution in [-0.2, 0) is 0 Å². The van der Waals surface area contributed by atoms with Crippen LogP contribution in [0.2, 0.25) is 0 Å². The second-order valence-corrected chi connectivity index (χ2v) is 7.40. The first-order valence-electron chi connectivity index (χ1n) is 8.20. The summed E-state index contributed by atoms with van der Waals surface area (Å²) in [6.07, 6.45) is 11.7. The lowest BCUT2D eigenvalue weighted by atomic mass is 9.86. The zero-order valence-electron chi connectivity index (χ0n) is 12.1. The van der Waals surface area contributed by atoms with Crippen molar-refractivity contribution in [3.63, 3.8) is 0 Å². The quantitative estimate of drug-likeness (QED) is 0.807. The SMILES string of the molecule is CC1(CN(CC2CC2)C2CCCCC2)CCNC1. The first-order valence-corrected chi connectivity index (χ1v) is 8.20. The molecule has 0 spiro atoms. The van der Waals surface area contributed by atoms with Crippen LogP contribution in [0.1, 0.15) is 58.3 Å². The first kappa shape index (κ1) is 12.9. The van der Waals surface area contributed by atoms with E-state index in [1.807, 2.05) is 0 Å². The van der Waals surface area contributed by atoms with E-state index in [-0.39, 0.29) is 0 Å². The first-order chi connectivity index (χ1) is 8.75. The fraction of sp³-hybridized carbons (Fsp3) is 1.00. The maximum Gasteiger partial charge on any atom is 0.00956 e. The van der Waals surface area contributed by atoms with Crippen LogP contribution in [-0.4, -0.2) is 37.1 Å². The summed E-state index contributed by atoms with van der Waals surface area (Å²) in [5, 5.41) is 3.56. The minimum atomic E-state index is 0.548. The number of nitrogens with one attached hydrogen (secondary N) is 1. The normalized spacial score (nSPS) is 34.3. The molecule has 0 aromatic carbocycles. The van der Waals surface area contributed by atoms with Gasteiger partial charge in [0.25, 0.3) is 0 Å². The van der Waals surface area contributed by atoms with Gasteiger partial charge < -0.3 is 5.32 Å². The molecule has 0 bridgehead atoms. The van der Waals surface area contributed by atoms with Gasteiger partial charge in [-0.3, -0.25) is 4.90 Å². The summed E-state index contributed by atoms with van der Waals surface area (Å²) in [5.41, 5.74) is 0.548. The van der Waals surface area contributed by atoms with Gasteiger partial charge in [0, 0.05) is 25.7 Å². The molecule has 0 aromatic heterocycles. The van der Waals surface area contributed by atoms with E-state index in [9.17, 15) is 0 Å². The summed E-state index contributed by atoms with van der Waals surface area (Å²) in [4.78, 5) is 2.89. The molecule has 3 fully saturated rings. The molecule has 3 aliphatic rings. The number of hydrogen-bond donors (Lipinski definition) is 1. The van der Waals surface area contributed by atoms with Crippen molar-refractivity contribution in [1.82, 2.24) is 10.2 Å². The Morgan fingerprint density at radius 3 is 2.50 bits per heavy atom. The van der Waals surface area contributed by atoms with Crippen molar-refractivity contribution in [2.75, 3.05) is 26.2 Å². The third-order valence-corrected chi connectivity index (χ3v) is 5.32. The fourth-order valence-corrected chi connectivity index (χ4v) is 3.91. The molecule has 2 aliphatic carbocycles. The Kier molecular flexibility index (Phi) is 3.95. The van der Waals surface area contributed by atoms with Crippen molar-refractivity contribution < 1.29 is 0 Å².